The topological polar surface area (TPSA) is 108 Å². The highest BCUT2D eigenvalue weighted by Crippen LogP contribution is 2.45. The van der Waals surface area contributed by atoms with Crippen molar-refractivity contribution in [1.82, 2.24) is 14.9 Å². The number of hydrogen-bond acceptors (Lipinski definition) is 9. The molecule has 2 aliphatic rings. The molecule has 14 heteroatoms. The Kier molecular flexibility index (Phi) is 5.65. The minimum absolute atomic E-state index is 0.00237. The van der Waals surface area contributed by atoms with E-state index in [2.05, 4.69) is 14.2 Å². The van der Waals surface area contributed by atoms with E-state index in [1.54, 1.807) is 27.0 Å². The maximum atomic E-state index is 12.9. The molecule has 0 aliphatic carbocycles. The Hall–Kier alpha value is -1.80. The van der Waals surface area contributed by atoms with Crippen LogP contribution < -0.4 is 4.18 Å². The highest BCUT2D eigenvalue weighted by atomic mass is 32.2. The number of carbonyl (C=O) groups is 1. The molecule has 0 unspecified atom stereocenters. The second-order valence-electron chi connectivity index (χ2n) is 7.93. The van der Waals surface area contributed by atoms with Crippen molar-refractivity contribution in [2.45, 2.75) is 49.0 Å². The van der Waals surface area contributed by atoms with Gasteiger partial charge >= 0.3 is 21.7 Å². The minimum Gasteiger partial charge on any atom is -0.444 e. The Morgan fingerprint density at radius 2 is 1.87 bits per heavy atom. The zero-order chi connectivity index (χ0) is 22.5. The van der Waals surface area contributed by atoms with Crippen LogP contribution in [0.1, 0.15) is 32.0 Å². The molecule has 1 aromatic rings. The molecule has 2 aliphatic heterocycles. The molecule has 3 rings (SSSR count). The highest BCUT2D eigenvalue weighted by Gasteiger charge is 2.54. The quantitative estimate of drug-likeness (QED) is 0.284. The number of fused-ring (bicyclic) bond motifs is 2. The Labute approximate surface area is 175 Å². The standard InChI is InChI=1S/C16H20F3N3O6S2/c1-14(2,3)27-13(23)22-5-9-10(15(6-22)7-26-8-15)11(21-12(20-9)29-4)28-30(24,25)16(17,18)19/h5-8H2,1-4H3. The number of ether oxygens (including phenoxy) is 2. The number of alkyl halides is 3. The van der Waals surface area contributed by atoms with Gasteiger partial charge in [0.2, 0.25) is 5.88 Å². The van der Waals surface area contributed by atoms with Gasteiger partial charge in [-0.1, -0.05) is 11.8 Å². The van der Waals surface area contributed by atoms with E-state index >= 15 is 0 Å². The number of nitrogens with zero attached hydrogens (tertiary/aromatic N) is 3. The number of amides is 1. The largest absolute Gasteiger partial charge is 0.534 e. The molecule has 1 fully saturated rings. The third-order valence-electron chi connectivity index (χ3n) is 4.36. The summed E-state index contributed by atoms with van der Waals surface area (Å²) in [5, 5.41) is 0.00237. The summed E-state index contributed by atoms with van der Waals surface area (Å²) in [6.07, 6.45) is 0.939. The molecule has 1 aromatic heterocycles. The lowest BCUT2D eigenvalue weighted by molar-refractivity contribution is -0.0849. The fourth-order valence-corrected chi connectivity index (χ4v) is 3.93. The SMILES string of the molecule is CSc1nc2c(c(OS(=O)(=O)C(F)(F)F)n1)C1(COC1)CN(C(=O)OC(C)(C)C)C2. The van der Waals surface area contributed by atoms with Crippen molar-refractivity contribution in [2.75, 3.05) is 26.0 Å². The maximum absolute atomic E-state index is 12.9. The number of aromatic nitrogens is 2. The summed E-state index contributed by atoms with van der Waals surface area (Å²) in [5.74, 6) is -0.700. The van der Waals surface area contributed by atoms with Gasteiger partial charge in [0.1, 0.15) is 5.60 Å². The lowest BCUT2D eigenvalue weighted by Crippen LogP contribution is -2.59. The molecule has 0 saturated carbocycles. The van der Waals surface area contributed by atoms with Crippen LogP contribution >= 0.6 is 11.8 Å². The van der Waals surface area contributed by atoms with Gasteiger partial charge in [-0.3, -0.25) is 0 Å². The average molecular weight is 471 g/mol. The first kappa shape index (κ1) is 22.9. The van der Waals surface area contributed by atoms with Crippen LogP contribution in [0.2, 0.25) is 0 Å². The predicted molar refractivity (Wildman–Crippen MR) is 98.6 cm³/mol. The lowest BCUT2D eigenvalue weighted by Gasteiger charge is -2.48. The van der Waals surface area contributed by atoms with E-state index in [0.29, 0.717) is 0 Å². The highest BCUT2D eigenvalue weighted by molar-refractivity contribution is 7.98. The van der Waals surface area contributed by atoms with Crippen molar-refractivity contribution >= 4 is 28.0 Å². The molecule has 1 spiro atoms. The van der Waals surface area contributed by atoms with Gasteiger partial charge in [-0.15, -0.1) is 0 Å². The molecule has 9 nitrogen and oxygen atoms in total. The van der Waals surface area contributed by atoms with E-state index in [4.69, 9.17) is 9.47 Å². The molecule has 0 bridgehead atoms. The summed E-state index contributed by atoms with van der Waals surface area (Å²) < 4.78 is 77.0. The van der Waals surface area contributed by atoms with Gasteiger partial charge in [0, 0.05) is 6.54 Å². The minimum atomic E-state index is -5.94. The van der Waals surface area contributed by atoms with Gasteiger partial charge in [-0.05, 0) is 27.0 Å². The summed E-state index contributed by atoms with van der Waals surface area (Å²) in [6.45, 7) is 5.09. The van der Waals surface area contributed by atoms with Crippen LogP contribution in [0.5, 0.6) is 5.88 Å². The Bertz CT molecular complexity index is 958. The van der Waals surface area contributed by atoms with Crippen molar-refractivity contribution in [3.05, 3.63) is 11.3 Å². The second kappa shape index (κ2) is 7.41. The predicted octanol–water partition coefficient (Wildman–Crippen LogP) is 2.45. The smallest absolute Gasteiger partial charge is 0.444 e. The summed E-state index contributed by atoms with van der Waals surface area (Å²) in [6, 6.07) is 0. The first-order valence-corrected chi connectivity index (χ1v) is 11.3. The number of carbonyl (C=O) groups excluding carboxylic acids is 1. The first-order valence-electron chi connectivity index (χ1n) is 8.69. The summed E-state index contributed by atoms with van der Waals surface area (Å²) >= 11 is 0.990. The normalized spacial score (nSPS) is 18.6. The fraction of sp³-hybridized carbons (Fsp3) is 0.688. The Morgan fingerprint density at radius 1 is 1.23 bits per heavy atom. The fourth-order valence-electron chi connectivity index (χ4n) is 3.13. The molecule has 1 saturated heterocycles. The number of hydrogen-bond donors (Lipinski definition) is 0. The van der Waals surface area contributed by atoms with Crippen LogP contribution in [0.25, 0.3) is 0 Å². The first-order chi connectivity index (χ1) is 13.7. The summed E-state index contributed by atoms with van der Waals surface area (Å²) in [7, 11) is -5.94. The molecule has 0 aromatic carbocycles. The molecular weight excluding hydrogens is 451 g/mol. The molecule has 1 amide bonds. The van der Waals surface area contributed by atoms with Crippen molar-refractivity contribution in [3.8, 4) is 5.88 Å². The zero-order valence-electron chi connectivity index (χ0n) is 16.6. The number of rotatable bonds is 3. The van der Waals surface area contributed by atoms with E-state index in [0.717, 1.165) is 11.8 Å². The van der Waals surface area contributed by atoms with Crippen molar-refractivity contribution in [1.29, 1.82) is 0 Å². The van der Waals surface area contributed by atoms with E-state index in [1.165, 1.54) is 4.90 Å². The average Bonchev–Trinajstić information content (AvgIpc) is 2.56. The molecule has 0 atom stereocenters. The molecule has 0 N–H and O–H groups in total. The van der Waals surface area contributed by atoms with Crippen LogP contribution in [-0.2, 0) is 31.6 Å². The molecule has 168 valence electrons. The molecular formula is C16H20F3N3O6S2. The van der Waals surface area contributed by atoms with Gasteiger partial charge in [0.25, 0.3) is 0 Å². The van der Waals surface area contributed by atoms with Crippen LogP contribution in [0.4, 0.5) is 18.0 Å². The Balaban J connectivity index is 2.07. The van der Waals surface area contributed by atoms with Crippen LogP contribution in [0.3, 0.4) is 0 Å². The van der Waals surface area contributed by atoms with E-state index < -0.39 is 38.6 Å². The maximum Gasteiger partial charge on any atom is 0.534 e. The second-order valence-corrected chi connectivity index (χ2v) is 10.2. The van der Waals surface area contributed by atoms with E-state index in [9.17, 15) is 26.4 Å². The Morgan fingerprint density at radius 3 is 2.33 bits per heavy atom. The molecule has 30 heavy (non-hydrogen) atoms. The van der Waals surface area contributed by atoms with Gasteiger partial charge in [-0.2, -0.15) is 26.6 Å². The molecule has 3 heterocycles. The van der Waals surface area contributed by atoms with E-state index in [-0.39, 0.29) is 42.7 Å². The lowest BCUT2D eigenvalue weighted by atomic mass is 9.75. The third kappa shape index (κ3) is 4.30. The van der Waals surface area contributed by atoms with Crippen LogP contribution in [0, 0.1) is 0 Å². The van der Waals surface area contributed by atoms with Gasteiger partial charge in [0.15, 0.2) is 5.16 Å². The monoisotopic (exact) mass is 471 g/mol. The van der Waals surface area contributed by atoms with Crippen LogP contribution in [-0.4, -0.2) is 66.5 Å². The summed E-state index contributed by atoms with van der Waals surface area (Å²) in [4.78, 5) is 22.1. The van der Waals surface area contributed by atoms with Crippen molar-refractivity contribution in [2.24, 2.45) is 0 Å². The van der Waals surface area contributed by atoms with Crippen molar-refractivity contribution < 1.29 is 40.0 Å². The zero-order valence-corrected chi connectivity index (χ0v) is 18.2. The number of halogens is 3. The van der Waals surface area contributed by atoms with Crippen molar-refractivity contribution in [3.63, 3.8) is 0 Å². The van der Waals surface area contributed by atoms with Gasteiger partial charge in [0.05, 0.1) is 36.4 Å². The summed E-state index contributed by atoms with van der Waals surface area (Å²) in [5.41, 5.74) is -7.10. The molecule has 0 radical (unpaired) electrons. The van der Waals surface area contributed by atoms with Crippen LogP contribution in [0.15, 0.2) is 5.16 Å². The number of thioether (sulfide) groups is 1. The van der Waals surface area contributed by atoms with Gasteiger partial charge in [-0.25, -0.2) is 9.78 Å². The third-order valence-corrected chi connectivity index (χ3v) is 5.85. The van der Waals surface area contributed by atoms with Gasteiger partial charge < -0.3 is 18.6 Å². The van der Waals surface area contributed by atoms with E-state index in [1.807, 2.05) is 0 Å².